The summed E-state index contributed by atoms with van der Waals surface area (Å²) in [5, 5.41) is 11.7. The van der Waals surface area contributed by atoms with Crippen LogP contribution in [0.5, 0.6) is 0 Å². The molecular weight excluding hydrogens is 264 g/mol. The number of para-hydroxylation sites is 1. The molecule has 0 aliphatic heterocycles. The minimum Gasteiger partial charge on any atom is -0.467 e. The second-order valence-electron chi connectivity index (χ2n) is 4.86. The summed E-state index contributed by atoms with van der Waals surface area (Å²) in [6.45, 7) is 4.94. The largest absolute Gasteiger partial charge is 0.467 e. The molecule has 0 saturated carbocycles. The van der Waals surface area contributed by atoms with Gasteiger partial charge in [-0.1, -0.05) is 30.3 Å². The molecular formula is C16H18N4O. The van der Waals surface area contributed by atoms with Gasteiger partial charge in [0.2, 0.25) is 0 Å². The lowest BCUT2D eigenvalue weighted by atomic mass is 10.1. The van der Waals surface area contributed by atoms with E-state index in [0.29, 0.717) is 0 Å². The minimum atomic E-state index is -0.0693. The molecule has 0 amide bonds. The average Bonchev–Trinajstić information content (AvgIpc) is 3.15. The van der Waals surface area contributed by atoms with E-state index < -0.39 is 0 Å². The van der Waals surface area contributed by atoms with E-state index in [2.05, 4.69) is 22.6 Å². The van der Waals surface area contributed by atoms with Crippen LogP contribution in [-0.2, 0) is 0 Å². The smallest absolute Gasteiger partial charge is 0.129 e. The zero-order valence-electron chi connectivity index (χ0n) is 12.2. The molecule has 1 aromatic carbocycles. The van der Waals surface area contributed by atoms with E-state index >= 15 is 0 Å². The summed E-state index contributed by atoms with van der Waals surface area (Å²) in [5.74, 6) is 0.899. The van der Waals surface area contributed by atoms with E-state index in [4.69, 9.17) is 4.42 Å². The summed E-state index contributed by atoms with van der Waals surface area (Å²) < 4.78 is 7.50. The summed E-state index contributed by atoms with van der Waals surface area (Å²) >= 11 is 0. The fourth-order valence-electron chi connectivity index (χ4n) is 2.43. The highest BCUT2D eigenvalue weighted by Crippen LogP contribution is 2.26. The normalized spacial score (nSPS) is 12.5. The van der Waals surface area contributed by atoms with Crippen molar-refractivity contribution in [3.8, 4) is 5.69 Å². The third-order valence-corrected chi connectivity index (χ3v) is 3.44. The van der Waals surface area contributed by atoms with E-state index in [0.717, 1.165) is 29.2 Å². The maximum absolute atomic E-state index is 5.66. The molecule has 1 unspecified atom stereocenters. The van der Waals surface area contributed by atoms with Crippen LogP contribution in [0.1, 0.15) is 30.0 Å². The number of rotatable bonds is 5. The van der Waals surface area contributed by atoms with Crippen LogP contribution in [0.15, 0.2) is 53.3 Å². The highest BCUT2D eigenvalue weighted by atomic mass is 16.3. The number of nitrogens with zero attached hydrogens (tertiary/aromatic N) is 3. The third kappa shape index (κ3) is 2.60. The molecule has 0 bridgehead atoms. The number of hydrogen-bond donors (Lipinski definition) is 1. The maximum Gasteiger partial charge on any atom is 0.129 e. The maximum atomic E-state index is 5.66. The van der Waals surface area contributed by atoms with Crippen LogP contribution < -0.4 is 5.32 Å². The van der Waals surface area contributed by atoms with E-state index in [1.165, 1.54) is 0 Å². The van der Waals surface area contributed by atoms with Gasteiger partial charge in [0.05, 0.1) is 23.8 Å². The summed E-state index contributed by atoms with van der Waals surface area (Å²) in [5.41, 5.74) is 3.06. The van der Waals surface area contributed by atoms with Crippen molar-refractivity contribution in [1.82, 2.24) is 20.3 Å². The quantitative estimate of drug-likeness (QED) is 0.782. The Morgan fingerprint density at radius 1 is 1.24 bits per heavy atom. The lowest BCUT2D eigenvalue weighted by Crippen LogP contribution is -2.24. The summed E-state index contributed by atoms with van der Waals surface area (Å²) in [6.07, 6.45) is 3.49. The molecule has 1 atom stereocenters. The van der Waals surface area contributed by atoms with Gasteiger partial charge < -0.3 is 9.73 Å². The molecule has 21 heavy (non-hydrogen) atoms. The Kier molecular flexibility index (Phi) is 3.83. The van der Waals surface area contributed by atoms with Gasteiger partial charge >= 0.3 is 0 Å². The van der Waals surface area contributed by atoms with E-state index in [1.54, 1.807) is 12.5 Å². The molecule has 5 nitrogen and oxygen atoms in total. The SMILES string of the molecule is CCNC(c1occc1C)c1cnnn1-c1ccccc1. The first-order valence-corrected chi connectivity index (χ1v) is 7.04. The van der Waals surface area contributed by atoms with Crippen molar-refractivity contribution in [3.05, 3.63) is 65.9 Å². The first kappa shape index (κ1) is 13.6. The fourth-order valence-corrected chi connectivity index (χ4v) is 2.43. The van der Waals surface area contributed by atoms with Crippen LogP contribution in [0.3, 0.4) is 0 Å². The van der Waals surface area contributed by atoms with Gasteiger partial charge in [-0.25, -0.2) is 4.68 Å². The molecule has 0 spiro atoms. The van der Waals surface area contributed by atoms with Crippen molar-refractivity contribution in [2.24, 2.45) is 0 Å². The molecule has 2 aromatic heterocycles. The van der Waals surface area contributed by atoms with Crippen LogP contribution in [-0.4, -0.2) is 21.5 Å². The number of aromatic nitrogens is 3. The molecule has 0 aliphatic carbocycles. The second-order valence-corrected chi connectivity index (χ2v) is 4.86. The van der Waals surface area contributed by atoms with Gasteiger partial charge in [-0.15, -0.1) is 5.10 Å². The Bertz CT molecular complexity index is 702. The average molecular weight is 282 g/mol. The van der Waals surface area contributed by atoms with Crippen molar-refractivity contribution in [2.75, 3.05) is 6.54 Å². The lowest BCUT2D eigenvalue weighted by Gasteiger charge is -2.17. The van der Waals surface area contributed by atoms with Crippen molar-refractivity contribution in [3.63, 3.8) is 0 Å². The fraction of sp³-hybridized carbons (Fsp3) is 0.250. The standard InChI is InChI=1S/C16H18N4O/c1-3-17-15(16-12(2)9-10-21-16)14-11-18-19-20(14)13-7-5-4-6-8-13/h4-11,15,17H,3H2,1-2H3. The van der Waals surface area contributed by atoms with Crippen molar-refractivity contribution in [2.45, 2.75) is 19.9 Å². The second kappa shape index (κ2) is 5.93. The van der Waals surface area contributed by atoms with Crippen molar-refractivity contribution >= 4 is 0 Å². The summed E-state index contributed by atoms with van der Waals surface area (Å²) in [4.78, 5) is 0. The molecule has 5 heteroatoms. The van der Waals surface area contributed by atoms with E-state index in [9.17, 15) is 0 Å². The molecule has 2 heterocycles. The summed E-state index contributed by atoms with van der Waals surface area (Å²) in [6, 6.07) is 11.9. The first-order valence-electron chi connectivity index (χ1n) is 7.04. The van der Waals surface area contributed by atoms with Crippen LogP contribution in [0.2, 0.25) is 0 Å². The Hall–Kier alpha value is -2.40. The van der Waals surface area contributed by atoms with Gasteiger partial charge in [0.1, 0.15) is 11.8 Å². The van der Waals surface area contributed by atoms with E-state index in [-0.39, 0.29) is 6.04 Å². The lowest BCUT2D eigenvalue weighted by molar-refractivity contribution is 0.439. The summed E-state index contributed by atoms with van der Waals surface area (Å²) in [7, 11) is 0. The van der Waals surface area contributed by atoms with E-state index in [1.807, 2.05) is 48.0 Å². The zero-order chi connectivity index (χ0) is 14.7. The number of nitrogens with one attached hydrogen (secondary N) is 1. The van der Waals surface area contributed by atoms with Crippen LogP contribution >= 0.6 is 0 Å². The first-order chi connectivity index (χ1) is 10.3. The predicted octanol–water partition coefficient (Wildman–Crippen LogP) is 2.87. The van der Waals surface area contributed by atoms with Gasteiger partial charge in [0.15, 0.2) is 0 Å². The molecule has 0 fully saturated rings. The van der Waals surface area contributed by atoms with Gasteiger partial charge in [-0.3, -0.25) is 0 Å². The molecule has 0 aliphatic rings. The number of aryl methyl sites for hydroxylation is 1. The zero-order valence-corrected chi connectivity index (χ0v) is 12.2. The highest BCUT2D eigenvalue weighted by molar-refractivity contribution is 5.35. The Labute approximate surface area is 123 Å². The van der Waals surface area contributed by atoms with Gasteiger partial charge in [0.25, 0.3) is 0 Å². The molecule has 0 saturated heterocycles. The third-order valence-electron chi connectivity index (χ3n) is 3.44. The number of furan rings is 1. The van der Waals surface area contributed by atoms with Gasteiger partial charge in [-0.2, -0.15) is 0 Å². The van der Waals surface area contributed by atoms with Gasteiger partial charge in [-0.05, 0) is 37.2 Å². The monoisotopic (exact) mass is 282 g/mol. The van der Waals surface area contributed by atoms with Crippen LogP contribution in [0.25, 0.3) is 5.69 Å². The van der Waals surface area contributed by atoms with Crippen LogP contribution in [0.4, 0.5) is 0 Å². The number of benzene rings is 1. The number of hydrogen-bond acceptors (Lipinski definition) is 4. The molecule has 1 N–H and O–H groups in total. The molecule has 3 aromatic rings. The predicted molar refractivity (Wildman–Crippen MR) is 80.3 cm³/mol. The topological polar surface area (TPSA) is 55.9 Å². The van der Waals surface area contributed by atoms with Crippen LogP contribution in [0, 0.1) is 6.92 Å². The molecule has 0 radical (unpaired) electrons. The van der Waals surface area contributed by atoms with Gasteiger partial charge in [0, 0.05) is 0 Å². The molecule has 3 rings (SSSR count). The van der Waals surface area contributed by atoms with Crippen molar-refractivity contribution in [1.29, 1.82) is 0 Å². The van der Waals surface area contributed by atoms with Crippen molar-refractivity contribution < 1.29 is 4.42 Å². The Morgan fingerprint density at radius 2 is 2.05 bits per heavy atom. The minimum absolute atomic E-state index is 0.0693. The molecule has 108 valence electrons. The highest BCUT2D eigenvalue weighted by Gasteiger charge is 2.23. The Balaban J connectivity index is 2.06. The Morgan fingerprint density at radius 3 is 2.71 bits per heavy atom.